The molecule has 0 radical (unpaired) electrons. The molecule has 3 rings (SSSR count). The Hall–Kier alpha value is -2.03. The highest BCUT2D eigenvalue weighted by molar-refractivity contribution is 8.00. The van der Waals surface area contributed by atoms with Crippen molar-refractivity contribution in [3.05, 3.63) is 34.7 Å². The largest absolute Gasteiger partial charge is 0.417 e. The zero-order valence-corrected chi connectivity index (χ0v) is 13.7. The zero-order chi connectivity index (χ0) is 17.5. The first kappa shape index (κ1) is 16.8. The van der Waals surface area contributed by atoms with Crippen molar-refractivity contribution in [1.82, 2.24) is 10.2 Å². The highest BCUT2D eigenvalue weighted by atomic mass is 32.2. The van der Waals surface area contributed by atoms with Gasteiger partial charge in [-0.15, -0.1) is 16.9 Å². The Balaban J connectivity index is 2.00. The topological polar surface area (TPSA) is 68.0 Å². The second-order valence-electron chi connectivity index (χ2n) is 5.51. The van der Waals surface area contributed by atoms with E-state index in [0.29, 0.717) is 18.4 Å². The molecule has 2 heterocycles. The van der Waals surface area contributed by atoms with E-state index in [1.165, 1.54) is 6.07 Å². The first-order valence-corrected chi connectivity index (χ1v) is 8.15. The summed E-state index contributed by atoms with van der Waals surface area (Å²) >= 11 is 1.16. The maximum absolute atomic E-state index is 13.2. The van der Waals surface area contributed by atoms with Crippen LogP contribution in [0.5, 0.6) is 0 Å². The quantitative estimate of drug-likeness (QED) is 0.877. The van der Waals surface area contributed by atoms with Crippen molar-refractivity contribution in [1.29, 1.82) is 0 Å². The lowest BCUT2D eigenvalue weighted by molar-refractivity contribution is -0.139. The Morgan fingerprint density at radius 1 is 1.38 bits per heavy atom. The number of hydrogen-bond acceptors (Lipinski definition) is 5. The van der Waals surface area contributed by atoms with E-state index < -0.39 is 17.6 Å². The molecule has 9 heteroatoms. The van der Waals surface area contributed by atoms with Crippen LogP contribution in [-0.4, -0.2) is 21.4 Å². The molecule has 1 aromatic carbocycles. The Labute approximate surface area is 140 Å². The standard InChI is InChI=1S/C15H14F3N3O2S/c1-7-3-4-9-10(13(22)19-14-21-20-8(2)23-14)5-6-11(12(9)24-7)15(16,17)18/h5-7H,3-4H2,1-2H3,(H,19,21,22). The van der Waals surface area contributed by atoms with Crippen LogP contribution >= 0.6 is 11.8 Å². The number of nitrogens with zero attached hydrogens (tertiary/aromatic N) is 2. The molecular formula is C15H14F3N3O2S. The lowest BCUT2D eigenvalue weighted by Gasteiger charge is -2.26. The van der Waals surface area contributed by atoms with Crippen molar-refractivity contribution >= 4 is 23.7 Å². The summed E-state index contributed by atoms with van der Waals surface area (Å²) < 4.78 is 44.8. The molecule has 2 aromatic rings. The highest BCUT2D eigenvalue weighted by Crippen LogP contribution is 2.45. The minimum atomic E-state index is -4.45. The first-order valence-electron chi connectivity index (χ1n) is 7.27. The maximum atomic E-state index is 13.2. The third-order valence-electron chi connectivity index (χ3n) is 3.68. The molecule has 0 spiro atoms. The Morgan fingerprint density at radius 3 is 2.75 bits per heavy atom. The van der Waals surface area contributed by atoms with Gasteiger partial charge in [-0.05, 0) is 30.5 Å². The molecule has 1 aliphatic heterocycles. The smallest absolute Gasteiger partial charge is 0.408 e. The maximum Gasteiger partial charge on any atom is 0.417 e. The summed E-state index contributed by atoms with van der Waals surface area (Å²) in [5.41, 5.74) is -0.0749. The Kier molecular flexibility index (Phi) is 4.29. The van der Waals surface area contributed by atoms with Gasteiger partial charge in [0.05, 0.1) is 5.56 Å². The summed E-state index contributed by atoms with van der Waals surface area (Å²) in [7, 11) is 0. The van der Waals surface area contributed by atoms with Gasteiger partial charge in [0.25, 0.3) is 5.91 Å². The molecule has 5 nitrogen and oxygen atoms in total. The van der Waals surface area contributed by atoms with Gasteiger partial charge >= 0.3 is 12.2 Å². The number of nitrogens with one attached hydrogen (secondary N) is 1. The van der Waals surface area contributed by atoms with Gasteiger partial charge in [0.1, 0.15) is 0 Å². The lowest BCUT2D eigenvalue weighted by Crippen LogP contribution is -2.21. The van der Waals surface area contributed by atoms with Gasteiger partial charge in [0.15, 0.2) is 0 Å². The number of benzene rings is 1. The summed E-state index contributed by atoms with van der Waals surface area (Å²) in [4.78, 5) is 12.5. The van der Waals surface area contributed by atoms with Gasteiger partial charge in [0, 0.05) is 22.6 Å². The first-order chi connectivity index (χ1) is 11.3. The normalized spacial score (nSPS) is 17.5. The van der Waals surface area contributed by atoms with E-state index in [1.54, 1.807) is 6.92 Å². The summed E-state index contributed by atoms with van der Waals surface area (Å²) in [5.74, 6) is -0.275. The number of anilines is 1. The molecule has 0 aliphatic carbocycles. The third-order valence-corrected chi connectivity index (χ3v) is 5.02. The minimum absolute atomic E-state index is 0.0653. The van der Waals surface area contributed by atoms with Crippen molar-refractivity contribution < 1.29 is 22.4 Å². The molecule has 1 amide bonds. The Morgan fingerprint density at radius 2 is 2.12 bits per heavy atom. The van der Waals surface area contributed by atoms with Crippen molar-refractivity contribution in [3.8, 4) is 0 Å². The molecule has 0 bridgehead atoms. The van der Waals surface area contributed by atoms with Crippen molar-refractivity contribution in [3.63, 3.8) is 0 Å². The molecule has 1 aliphatic rings. The monoisotopic (exact) mass is 357 g/mol. The van der Waals surface area contributed by atoms with E-state index in [1.807, 2.05) is 6.92 Å². The average Bonchev–Trinajstić information content (AvgIpc) is 2.89. The summed E-state index contributed by atoms with van der Waals surface area (Å²) in [6.45, 7) is 3.45. The Bertz CT molecular complexity index is 789. The number of carbonyl (C=O) groups is 1. The fourth-order valence-corrected chi connectivity index (χ4v) is 3.87. The fraction of sp³-hybridized carbons (Fsp3) is 0.400. The van der Waals surface area contributed by atoms with Crippen molar-refractivity contribution in [2.24, 2.45) is 0 Å². The molecule has 0 saturated carbocycles. The van der Waals surface area contributed by atoms with Crippen LogP contribution in [0.3, 0.4) is 0 Å². The number of rotatable bonds is 2. The number of halogens is 3. The van der Waals surface area contributed by atoms with Crippen LogP contribution in [0, 0.1) is 6.92 Å². The molecule has 128 valence electrons. The van der Waals surface area contributed by atoms with Crippen LogP contribution in [0.25, 0.3) is 0 Å². The molecular weight excluding hydrogens is 343 g/mol. The number of amides is 1. The van der Waals surface area contributed by atoms with E-state index in [-0.39, 0.29) is 27.6 Å². The van der Waals surface area contributed by atoms with Gasteiger partial charge in [0.2, 0.25) is 5.89 Å². The van der Waals surface area contributed by atoms with Crippen LogP contribution in [0.4, 0.5) is 19.2 Å². The minimum Gasteiger partial charge on any atom is -0.408 e. The fourth-order valence-electron chi connectivity index (χ4n) is 2.57. The summed E-state index contributed by atoms with van der Waals surface area (Å²) in [5, 5.41) is 9.75. The zero-order valence-electron chi connectivity index (χ0n) is 12.9. The molecule has 1 aromatic heterocycles. The van der Waals surface area contributed by atoms with Crippen LogP contribution < -0.4 is 5.32 Å². The van der Waals surface area contributed by atoms with Crippen LogP contribution in [0.2, 0.25) is 0 Å². The van der Waals surface area contributed by atoms with Gasteiger partial charge in [-0.3, -0.25) is 10.1 Å². The van der Waals surface area contributed by atoms with Gasteiger partial charge in [-0.1, -0.05) is 12.0 Å². The molecule has 24 heavy (non-hydrogen) atoms. The van der Waals surface area contributed by atoms with E-state index in [0.717, 1.165) is 17.8 Å². The molecule has 1 unspecified atom stereocenters. The molecule has 0 saturated heterocycles. The predicted octanol–water partition coefficient (Wildman–Crippen LogP) is 4.08. The van der Waals surface area contributed by atoms with Crippen molar-refractivity contribution in [2.45, 2.75) is 43.0 Å². The molecule has 1 N–H and O–H groups in total. The van der Waals surface area contributed by atoms with E-state index >= 15 is 0 Å². The number of hydrogen-bond donors (Lipinski definition) is 1. The molecule has 0 fully saturated rings. The number of carbonyl (C=O) groups excluding carboxylic acids is 1. The second-order valence-corrected chi connectivity index (χ2v) is 6.96. The number of thioether (sulfide) groups is 1. The van der Waals surface area contributed by atoms with Crippen LogP contribution in [-0.2, 0) is 12.6 Å². The number of fused-ring (bicyclic) bond motifs is 1. The van der Waals surface area contributed by atoms with Gasteiger partial charge < -0.3 is 4.42 Å². The van der Waals surface area contributed by atoms with Crippen molar-refractivity contribution in [2.75, 3.05) is 5.32 Å². The van der Waals surface area contributed by atoms with E-state index in [9.17, 15) is 18.0 Å². The number of alkyl halides is 3. The number of aromatic nitrogens is 2. The van der Waals surface area contributed by atoms with Crippen LogP contribution in [0.1, 0.15) is 40.7 Å². The number of aryl methyl sites for hydroxylation is 1. The third kappa shape index (κ3) is 3.26. The average molecular weight is 357 g/mol. The summed E-state index contributed by atoms with van der Waals surface area (Å²) in [6.07, 6.45) is -3.33. The second kappa shape index (κ2) is 6.12. The molecule has 1 atom stereocenters. The predicted molar refractivity (Wildman–Crippen MR) is 82.1 cm³/mol. The van der Waals surface area contributed by atoms with Gasteiger partial charge in [-0.25, -0.2) is 0 Å². The SMILES string of the molecule is Cc1nnc(NC(=O)c2ccc(C(F)(F)F)c3c2CCC(C)S3)o1. The van der Waals surface area contributed by atoms with E-state index in [2.05, 4.69) is 15.5 Å². The summed E-state index contributed by atoms with van der Waals surface area (Å²) in [6, 6.07) is 2.08. The van der Waals surface area contributed by atoms with Crippen LogP contribution in [0.15, 0.2) is 21.4 Å². The van der Waals surface area contributed by atoms with Gasteiger partial charge in [-0.2, -0.15) is 13.2 Å². The lowest BCUT2D eigenvalue weighted by atomic mass is 9.97. The van der Waals surface area contributed by atoms with E-state index in [4.69, 9.17) is 4.42 Å². The highest BCUT2D eigenvalue weighted by Gasteiger charge is 2.37.